The Bertz CT molecular complexity index is 1120. The topological polar surface area (TPSA) is 94.2 Å². The van der Waals surface area contributed by atoms with Crippen molar-refractivity contribution >= 4 is 29.2 Å². The number of para-hydroxylation sites is 1. The number of esters is 2. The van der Waals surface area contributed by atoms with Gasteiger partial charge in [-0.1, -0.05) is 24.3 Å². The molecule has 0 atom stereocenters. The first-order valence-corrected chi connectivity index (χ1v) is 9.59. The van der Waals surface area contributed by atoms with E-state index in [1.54, 1.807) is 48.7 Å². The lowest BCUT2D eigenvalue weighted by molar-refractivity contribution is -0.139. The van der Waals surface area contributed by atoms with E-state index in [-0.39, 0.29) is 17.2 Å². The Morgan fingerprint density at radius 1 is 0.875 bits per heavy atom. The predicted octanol–water partition coefficient (Wildman–Crippen LogP) is 3.44. The van der Waals surface area contributed by atoms with Crippen LogP contribution in [0.1, 0.15) is 10.4 Å². The van der Waals surface area contributed by atoms with Gasteiger partial charge in [0.25, 0.3) is 5.91 Å². The van der Waals surface area contributed by atoms with Crippen LogP contribution in [-0.4, -0.2) is 39.2 Å². The average molecular weight is 434 g/mol. The highest BCUT2D eigenvalue weighted by Crippen LogP contribution is 2.35. The van der Waals surface area contributed by atoms with Crippen LogP contribution in [0.3, 0.4) is 0 Å². The Morgan fingerprint density at radius 2 is 1.59 bits per heavy atom. The molecule has 1 aliphatic heterocycles. The maximum atomic E-state index is 12.8. The van der Waals surface area contributed by atoms with Gasteiger partial charge in [0.2, 0.25) is 0 Å². The van der Waals surface area contributed by atoms with E-state index in [1.165, 1.54) is 32.3 Å². The quantitative estimate of drug-likeness (QED) is 0.696. The fraction of sp³-hybridized carbons (Fsp3) is 0.125. The highest BCUT2D eigenvalue weighted by atomic mass is 16.5. The minimum atomic E-state index is -0.761. The molecule has 0 spiro atoms. The molecule has 3 rings (SSSR count). The van der Waals surface area contributed by atoms with Gasteiger partial charge in [-0.25, -0.2) is 9.59 Å². The third-order valence-corrected chi connectivity index (χ3v) is 4.62. The highest BCUT2D eigenvalue weighted by molar-refractivity contribution is 6.07. The smallest absolute Gasteiger partial charge is 0.355 e. The van der Waals surface area contributed by atoms with Gasteiger partial charge < -0.3 is 24.4 Å². The molecule has 1 N–H and O–H groups in total. The zero-order valence-electron chi connectivity index (χ0n) is 17.8. The van der Waals surface area contributed by atoms with Crippen LogP contribution >= 0.6 is 0 Å². The fourth-order valence-electron chi connectivity index (χ4n) is 3.10. The van der Waals surface area contributed by atoms with Gasteiger partial charge in [0, 0.05) is 17.5 Å². The molecule has 1 aliphatic rings. The lowest BCUT2D eigenvalue weighted by Crippen LogP contribution is -2.27. The second kappa shape index (κ2) is 10.1. The van der Waals surface area contributed by atoms with Crippen LogP contribution in [0.2, 0.25) is 0 Å². The molecular weight excluding hydrogens is 412 g/mol. The highest BCUT2D eigenvalue weighted by Gasteiger charge is 2.29. The normalized spacial score (nSPS) is 12.8. The van der Waals surface area contributed by atoms with Crippen molar-refractivity contribution in [3.63, 3.8) is 0 Å². The summed E-state index contributed by atoms with van der Waals surface area (Å²) in [6.07, 6.45) is 6.24. The summed E-state index contributed by atoms with van der Waals surface area (Å²) >= 11 is 0. The van der Waals surface area contributed by atoms with Gasteiger partial charge >= 0.3 is 11.9 Å². The molecule has 0 unspecified atom stereocenters. The van der Waals surface area contributed by atoms with Crippen molar-refractivity contribution in [2.24, 2.45) is 0 Å². The number of anilines is 2. The van der Waals surface area contributed by atoms with E-state index in [9.17, 15) is 14.4 Å². The molecule has 0 radical (unpaired) electrons. The number of allylic oxidation sites excluding steroid dienone is 2. The average Bonchev–Trinajstić information content (AvgIpc) is 3.06. The largest absolute Gasteiger partial charge is 0.495 e. The van der Waals surface area contributed by atoms with Crippen molar-refractivity contribution in [3.8, 4) is 5.75 Å². The van der Waals surface area contributed by atoms with Crippen LogP contribution in [-0.2, 0) is 19.1 Å². The van der Waals surface area contributed by atoms with Crippen LogP contribution in [0, 0.1) is 0 Å². The summed E-state index contributed by atoms with van der Waals surface area (Å²) in [5.74, 6) is -1.46. The van der Waals surface area contributed by atoms with Gasteiger partial charge in [-0.3, -0.25) is 4.79 Å². The van der Waals surface area contributed by atoms with Crippen LogP contribution < -0.4 is 15.0 Å². The Labute approximate surface area is 185 Å². The molecule has 0 saturated carbocycles. The van der Waals surface area contributed by atoms with Gasteiger partial charge in [0.1, 0.15) is 11.4 Å². The van der Waals surface area contributed by atoms with Crippen LogP contribution in [0.5, 0.6) is 5.75 Å². The molecule has 1 heterocycles. The number of methoxy groups -OCH3 is 3. The molecule has 8 heteroatoms. The van der Waals surface area contributed by atoms with Crippen molar-refractivity contribution in [3.05, 3.63) is 89.8 Å². The van der Waals surface area contributed by atoms with E-state index in [2.05, 4.69) is 5.32 Å². The monoisotopic (exact) mass is 434 g/mol. The van der Waals surface area contributed by atoms with Gasteiger partial charge in [-0.05, 0) is 42.5 Å². The van der Waals surface area contributed by atoms with Gasteiger partial charge in [-0.2, -0.15) is 0 Å². The SMILES string of the molecule is COC(=O)C1=C(C(=O)OC)N(c2cc(C(=O)Nc3ccccc3)ccc2OC)C=CC=C1. The maximum Gasteiger partial charge on any atom is 0.355 e. The molecule has 0 aliphatic carbocycles. The molecular formula is C24H22N2O6. The van der Waals surface area contributed by atoms with Gasteiger partial charge in [0.15, 0.2) is 0 Å². The third kappa shape index (κ3) is 4.70. The lowest BCUT2D eigenvalue weighted by Gasteiger charge is -2.25. The number of rotatable bonds is 6. The zero-order valence-corrected chi connectivity index (χ0v) is 17.8. The number of benzene rings is 2. The van der Waals surface area contributed by atoms with Crippen molar-refractivity contribution in [1.29, 1.82) is 0 Å². The van der Waals surface area contributed by atoms with Crippen molar-refractivity contribution in [2.45, 2.75) is 0 Å². The first-order valence-electron chi connectivity index (χ1n) is 9.59. The van der Waals surface area contributed by atoms with E-state index in [0.29, 0.717) is 22.7 Å². The molecule has 164 valence electrons. The van der Waals surface area contributed by atoms with Crippen molar-refractivity contribution in [1.82, 2.24) is 0 Å². The second-order valence-corrected chi connectivity index (χ2v) is 6.52. The summed E-state index contributed by atoms with van der Waals surface area (Å²) in [5.41, 5.74) is 1.22. The number of carbonyl (C=O) groups is 3. The molecule has 1 amide bonds. The molecule has 2 aromatic rings. The van der Waals surface area contributed by atoms with E-state index >= 15 is 0 Å². The first-order chi connectivity index (χ1) is 15.5. The number of amides is 1. The summed E-state index contributed by atoms with van der Waals surface area (Å²) in [7, 11) is 3.89. The van der Waals surface area contributed by atoms with Crippen molar-refractivity contribution in [2.75, 3.05) is 31.5 Å². The third-order valence-electron chi connectivity index (χ3n) is 4.62. The van der Waals surface area contributed by atoms with E-state index < -0.39 is 11.9 Å². The summed E-state index contributed by atoms with van der Waals surface area (Å²) in [5, 5.41) is 2.81. The van der Waals surface area contributed by atoms with Crippen molar-refractivity contribution < 1.29 is 28.6 Å². The van der Waals surface area contributed by atoms with Crippen LogP contribution in [0.15, 0.2) is 84.2 Å². The standard InChI is InChI=1S/C24H22N2O6/c1-30-20-13-12-16(22(27)25-17-9-5-4-6-10-17)15-19(20)26-14-8-7-11-18(23(28)31-2)21(26)24(29)32-3/h4-15H,1-3H3,(H,25,27). The van der Waals surface area contributed by atoms with Crippen LogP contribution in [0.4, 0.5) is 11.4 Å². The summed E-state index contributed by atoms with van der Waals surface area (Å²) in [4.78, 5) is 39.3. The number of nitrogens with zero attached hydrogens (tertiary/aromatic N) is 1. The number of hydrogen-bond donors (Lipinski definition) is 1. The number of carbonyl (C=O) groups excluding carboxylic acids is 3. The van der Waals surface area contributed by atoms with Gasteiger partial charge in [-0.15, -0.1) is 0 Å². The fourth-order valence-corrected chi connectivity index (χ4v) is 3.10. The molecule has 32 heavy (non-hydrogen) atoms. The van der Waals surface area contributed by atoms with E-state index in [1.807, 2.05) is 18.2 Å². The summed E-state index contributed by atoms with van der Waals surface area (Å²) in [6, 6.07) is 13.8. The first kappa shape index (κ1) is 22.4. The Balaban J connectivity index is 2.11. The number of nitrogens with one attached hydrogen (secondary N) is 1. The van der Waals surface area contributed by atoms with E-state index in [4.69, 9.17) is 14.2 Å². The maximum absolute atomic E-state index is 12.8. The van der Waals surface area contributed by atoms with E-state index in [0.717, 1.165) is 0 Å². The molecule has 0 saturated heterocycles. The van der Waals surface area contributed by atoms with Gasteiger partial charge in [0.05, 0.1) is 32.6 Å². The molecule has 8 nitrogen and oxygen atoms in total. The Kier molecular flexibility index (Phi) is 7.07. The molecule has 0 bridgehead atoms. The Morgan fingerprint density at radius 3 is 2.25 bits per heavy atom. The number of ether oxygens (including phenoxy) is 3. The number of hydrogen-bond acceptors (Lipinski definition) is 7. The van der Waals surface area contributed by atoms with Crippen LogP contribution in [0.25, 0.3) is 0 Å². The zero-order chi connectivity index (χ0) is 23.1. The predicted molar refractivity (Wildman–Crippen MR) is 119 cm³/mol. The Hall–Kier alpha value is -4.33. The lowest BCUT2D eigenvalue weighted by atomic mass is 10.1. The summed E-state index contributed by atoms with van der Waals surface area (Å²) in [6.45, 7) is 0. The minimum Gasteiger partial charge on any atom is -0.495 e. The molecule has 0 fully saturated rings. The molecule has 2 aromatic carbocycles. The molecule has 0 aromatic heterocycles. The second-order valence-electron chi connectivity index (χ2n) is 6.52. The minimum absolute atomic E-state index is 0.00876. The summed E-state index contributed by atoms with van der Waals surface area (Å²) < 4.78 is 15.2.